The lowest BCUT2D eigenvalue weighted by molar-refractivity contribution is -0.118. The fourth-order valence-electron chi connectivity index (χ4n) is 2.88. The molecule has 3 rings (SSSR count). The SMILES string of the molecule is COC(=O)c1cc(OCC(=O)Nc2cc(C)cc(C)c2)c2cc(F)ccc2n1. The Balaban J connectivity index is 1.83. The van der Waals surface area contributed by atoms with Crippen LogP contribution >= 0.6 is 0 Å². The molecule has 0 aliphatic heterocycles. The van der Waals surface area contributed by atoms with E-state index in [2.05, 4.69) is 15.0 Å². The average Bonchev–Trinajstić information content (AvgIpc) is 2.64. The monoisotopic (exact) mass is 382 g/mol. The number of amides is 1. The molecule has 3 aromatic rings. The normalized spacial score (nSPS) is 10.6. The van der Waals surface area contributed by atoms with Gasteiger partial charge in [-0.2, -0.15) is 0 Å². The van der Waals surface area contributed by atoms with Gasteiger partial charge in [0.15, 0.2) is 12.3 Å². The first-order valence-electron chi connectivity index (χ1n) is 8.55. The molecule has 7 heteroatoms. The molecule has 0 bridgehead atoms. The lowest BCUT2D eigenvalue weighted by Crippen LogP contribution is -2.20. The number of esters is 1. The van der Waals surface area contributed by atoms with E-state index in [0.717, 1.165) is 11.1 Å². The van der Waals surface area contributed by atoms with Crippen LogP contribution in [0, 0.1) is 19.7 Å². The van der Waals surface area contributed by atoms with Crippen LogP contribution in [-0.2, 0) is 9.53 Å². The molecule has 1 N–H and O–H groups in total. The number of aromatic nitrogens is 1. The van der Waals surface area contributed by atoms with Gasteiger partial charge in [0.2, 0.25) is 0 Å². The number of ether oxygens (including phenoxy) is 2. The third-order valence-electron chi connectivity index (χ3n) is 3.99. The van der Waals surface area contributed by atoms with Gasteiger partial charge in [-0.05, 0) is 55.3 Å². The highest BCUT2D eigenvalue weighted by Gasteiger charge is 2.15. The summed E-state index contributed by atoms with van der Waals surface area (Å²) in [5.74, 6) is -1.35. The van der Waals surface area contributed by atoms with Crippen LogP contribution < -0.4 is 10.1 Å². The molecule has 0 saturated carbocycles. The Bertz CT molecular complexity index is 1050. The van der Waals surface area contributed by atoms with Crippen LogP contribution in [0.5, 0.6) is 5.75 Å². The minimum atomic E-state index is -0.657. The maximum absolute atomic E-state index is 13.6. The van der Waals surface area contributed by atoms with E-state index in [4.69, 9.17) is 4.74 Å². The summed E-state index contributed by atoms with van der Waals surface area (Å²) in [6.07, 6.45) is 0. The highest BCUT2D eigenvalue weighted by Crippen LogP contribution is 2.27. The van der Waals surface area contributed by atoms with Crippen molar-refractivity contribution in [1.29, 1.82) is 0 Å². The number of aryl methyl sites for hydroxylation is 2. The number of benzene rings is 2. The van der Waals surface area contributed by atoms with Gasteiger partial charge in [-0.1, -0.05) is 6.07 Å². The van der Waals surface area contributed by atoms with Crippen molar-refractivity contribution in [3.63, 3.8) is 0 Å². The fraction of sp³-hybridized carbons (Fsp3) is 0.190. The van der Waals surface area contributed by atoms with Gasteiger partial charge in [-0.3, -0.25) is 4.79 Å². The summed E-state index contributed by atoms with van der Waals surface area (Å²) in [4.78, 5) is 28.2. The molecule has 0 radical (unpaired) electrons. The first-order valence-corrected chi connectivity index (χ1v) is 8.55. The third-order valence-corrected chi connectivity index (χ3v) is 3.99. The molecule has 1 aromatic heterocycles. The Morgan fingerprint density at radius 3 is 2.46 bits per heavy atom. The first-order chi connectivity index (χ1) is 13.4. The molecule has 0 aliphatic rings. The summed E-state index contributed by atoms with van der Waals surface area (Å²) in [5, 5.41) is 3.11. The smallest absolute Gasteiger partial charge is 0.356 e. The van der Waals surface area contributed by atoms with Gasteiger partial charge >= 0.3 is 5.97 Å². The van der Waals surface area contributed by atoms with Crippen molar-refractivity contribution in [2.24, 2.45) is 0 Å². The first kappa shape index (κ1) is 19.3. The number of hydrogen-bond donors (Lipinski definition) is 1. The van der Waals surface area contributed by atoms with Gasteiger partial charge in [0, 0.05) is 17.1 Å². The highest BCUT2D eigenvalue weighted by atomic mass is 19.1. The molecular weight excluding hydrogens is 363 g/mol. The number of rotatable bonds is 5. The summed E-state index contributed by atoms with van der Waals surface area (Å²) in [6.45, 7) is 3.56. The number of methoxy groups -OCH3 is 1. The molecule has 0 aliphatic carbocycles. The molecule has 0 saturated heterocycles. The Hall–Kier alpha value is -3.48. The summed E-state index contributed by atoms with van der Waals surface area (Å²) >= 11 is 0. The Kier molecular flexibility index (Phi) is 5.54. The number of nitrogens with one attached hydrogen (secondary N) is 1. The molecule has 0 atom stereocenters. The lowest BCUT2D eigenvalue weighted by Gasteiger charge is -2.12. The predicted molar refractivity (Wildman–Crippen MR) is 103 cm³/mol. The third kappa shape index (κ3) is 4.43. The molecule has 1 heterocycles. The van der Waals surface area contributed by atoms with Crippen molar-refractivity contribution in [1.82, 2.24) is 4.98 Å². The Labute approximate surface area is 161 Å². The maximum atomic E-state index is 13.6. The van der Waals surface area contributed by atoms with Crippen LogP contribution in [0.3, 0.4) is 0 Å². The van der Waals surface area contributed by atoms with Crippen molar-refractivity contribution >= 4 is 28.5 Å². The topological polar surface area (TPSA) is 77.5 Å². The van der Waals surface area contributed by atoms with E-state index in [1.165, 1.54) is 31.4 Å². The largest absolute Gasteiger partial charge is 0.483 e. The van der Waals surface area contributed by atoms with Crippen LogP contribution in [0.2, 0.25) is 0 Å². The van der Waals surface area contributed by atoms with Crippen LogP contribution in [0.15, 0.2) is 42.5 Å². The molecule has 1 amide bonds. The van der Waals surface area contributed by atoms with E-state index < -0.39 is 11.8 Å². The molecule has 144 valence electrons. The van der Waals surface area contributed by atoms with E-state index in [-0.39, 0.29) is 24.0 Å². The number of fused-ring (bicyclic) bond motifs is 1. The predicted octanol–water partition coefficient (Wildman–Crippen LogP) is 3.79. The maximum Gasteiger partial charge on any atom is 0.356 e. The summed E-state index contributed by atoms with van der Waals surface area (Å²) < 4.78 is 23.9. The molecule has 2 aromatic carbocycles. The summed E-state index contributed by atoms with van der Waals surface area (Å²) in [7, 11) is 1.23. The molecule has 0 spiro atoms. The van der Waals surface area contributed by atoms with Gasteiger partial charge in [0.25, 0.3) is 5.91 Å². The molecule has 28 heavy (non-hydrogen) atoms. The van der Waals surface area contributed by atoms with E-state index >= 15 is 0 Å². The Morgan fingerprint density at radius 2 is 1.79 bits per heavy atom. The van der Waals surface area contributed by atoms with Crippen LogP contribution in [0.4, 0.5) is 10.1 Å². The van der Waals surface area contributed by atoms with Gasteiger partial charge in [0.1, 0.15) is 11.6 Å². The zero-order valence-electron chi connectivity index (χ0n) is 15.7. The van der Waals surface area contributed by atoms with E-state index in [1.807, 2.05) is 32.0 Å². The second-order valence-electron chi connectivity index (χ2n) is 6.37. The summed E-state index contributed by atoms with van der Waals surface area (Å²) in [6, 6.07) is 10.9. The van der Waals surface area contributed by atoms with Crippen LogP contribution in [-0.4, -0.2) is 30.6 Å². The quantitative estimate of drug-likeness (QED) is 0.679. The number of carbonyl (C=O) groups is 2. The van der Waals surface area contributed by atoms with E-state index in [0.29, 0.717) is 16.6 Å². The van der Waals surface area contributed by atoms with Crippen molar-refractivity contribution in [3.8, 4) is 5.75 Å². The summed E-state index contributed by atoms with van der Waals surface area (Å²) in [5.41, 5.74) is 3.07. The van der Waals surface area contributed by atoms with Crippen LogP contribution in [0.25, 0.3) is 10.9 Å². The van der Waals surface area contributed by atoms with Crippen LogP contribution in [0.1, 0.15) is 21.6 Å². The van der Waals surface area contributed by atoms with E-state index in [9.17, 15) is 14.0 Å². The van der Waals surface area contributed by atoms with Crippen molar-refractivity contribution < 1.29 is 23.5 Å². The highest BCUT2D eigenvalue weighted by molar-refractivity contribution is 5.95. The average molecular weight is 382 g/mol. The Morgan fingerprint density at radius 1 is 1.07 bits per heavy atom. The molecule has 6 nitrogen and oxygen atoms in total. The van der Waals surface area contributed by atoms with E-state index in [1.54, 1.807) is 0 Å². The van der Waals surface area contributed by atoms with Crippen molar-refractivity contribution in [2.75, 3.05) is 19.0 Å². The number of carbonyl (C=O) groups excluding carboxylic acids is 2. The molecule has 0 unspecified atom stereocenters. The van der Waals surface area contributed by atoms with Gasteiger partial charge in [-0.25, -0.2) is 14.2 Å². The van der Waals surface area contributed by atoms with Gasteiger partial charge in [0.05, 0.1) is 12.6 Å². The fourth-order valence-corrected chi connectivity index (χ4v) is 2.88. The second kappa shape index (κ2) is 8.04. The minimum Gasteiger partial charge on any atom is -0.483 e. The molecule has 0 fully saturated rings. The van der Waals surface area contributed by atoms with Crippen molar-refractivity contribution in [3.05, 3.63) is 65.1 Å². The van der Waals surface area contributed by atoms with Gasteiger partial charge < -0.3 is 14.8 Å². The minimum absolute atomic E-state index is 0.00586. The zero-order valence-corrected chi connectivity index (χ0v) is 15.7. The lowest BCUT2D eigenvalue weighted by atomic mass is 10.1. The number of nitrogens with zero attached hydrogens (tertiary/aromatic N) is 1. The standard InChI is InChI=1S/C21H19FN2O4/c1-12-6-13(2)8-15(7-12)23-20(25)11-28-19-10-18(21(26)27-3)24-17-5-4-14(22)9-16(17)19/h4-10H,11H2,1-3H3,(H,23,25). The van der Waals surface area contributed by atoms with Crippen molar-refractivity contribution in [2.45, 2.75) is 13.8 Å². The van der Waals surface area contributed by atoms with Gasteiger partial charge in [-0.15, -0.1) is 0 Å². The number of halogens is 1. The number of hydrogen-bond acceptors (Lipinski definition) is 5. The second-order valence-corrected chi connectivity index (χ2v) is 6.37. The molecular formula is C21H19FN2O4. The number of anilines is 1. The number of pyridine rings is 1. The zero-order chi connectivity index (χ0) is 20.3.